The minimum atomic E-state index is 0.173. The Labute approximate surface area is 104 Å². The van der Waals surface area contributed by atoms with E-state index in [1.54, 1.807) is 0 Å². The Morgan fingerprint density at radius 2 is 2.06 bits per heavy atom. The first kappa shape index (κ1) is 12.9. The van der Waals surface area contributed by atoms with Crippen LogP contribution in [0.2, 0.25) is 0 Å². The molecule has 0 radical (unpaired) electrons. The molecule has 98 valence electrons. The Morgan fingerprint density at radius 1 is 1.35 bits per heavy atom. The monoisotopic (exact) mass is 239 g/mol. The van der Waals surface area contributed by atoms with Crippen molar-refractivity contribution in [2.45, 2.75) is 39.7 Å². The van der Waals surface area contributed by atoms with Gasteiger partial charge in [0.15, 0.2) is 0 Å². The van der Waals surface area contributed by atoms with Crippen LogP contribution < -0.4 is 0 Å². The van der Waals surface area contributed by atoms with Crippen molar-refractivity contribution in [3.8, 4) is 0 Å². The molecule has 3 heteroatoms. The lowest BCUT2D eigenvalue weighted by Crippen LogP contribution is -2.35. The summed E-state index contributed by atoms with van der Waals surface area (Å²) in [6.07, 6.45) is 4.22. The number of aliphatic hydroxyl groups is 2. The molecule has 0 aliphatic carbocycles. The molecule has 17 heavy (non-hydrogen) atoms. The molecule has 2 N–H and O–H groups in total. The lowest BCUT2D eigenvalue weighted by Gasteiger charge is -2.32. The number of hydrogen-bond donors (Lipinski definition) is 2. The van der Waals surface area contributed by atoms with Gasteiger partial charge in [-0.3, -0.25) is 0 Å². The Hall–Kier alpha value is -0.540. The molecule has 2 heterocycles. The number of rotatable bonds is 3. The minimum absolute atomic E-state index is 0.173. The zero-order valence-electron chi connectivity index (χ0n) is 11.2. The van der Waals surface area contributed by atoms with E-state index in [1.165, 1.54) is 5.70 Å². The van der Waals surface area contributed by atoms with Gasteiger partial charge in [0.1, 0.15) is 0 Å². The van der Waals surface area contributed by atoms with Crippen LogP contribution in [-0.4, -0.2) is 40.9 Å². The van der Waals surface area contributed by atoms with Gasteiger partial charge in [-0.2, -0.15) is 0 Å². The largest absolute Gasteiger partial charge is 0.396 e. The van der Waals surface area contributed by atoms with E-state index in [4.69, 9.17) is 0 Å². The van der Waals surface area contributed by atoms with Gasteiger partial charge in [0, 0.05) is 43.3 Å². The van der Waals surface area contributed by atoms with Crippen LogP contribution in [0.4, 0.5) is 0 Å². The van der Waals surface area contributed by atoms with Crippen LogP contribution in [0.5, 0.6) is 0 Å². The maximum atomic E-state index is 9.72. The van der Waals surface area contributed by atoms with E-state index in [9.17, 15) is 10.2 Å². The molecule has 2 aliphatic rings. The highest BCUT2D eigenvalue weighted by Gasteiger charge is 2.49. The van der Waals surface area contributed by atoms with Gasteiger partial charge in [-0.15, -0.1) is 0 Å². The van der Waals surface area contributed by atoms with E-state index >= 15 is 0 Å². The van der Waals surface area contributed by atoms with Crippen LogP contribution in [0.3, 0.4) is 0 Å². The lowest BCUT2D eigenvalue weighted by atomic mass is 9.71. The van der Waals surface area contributed by atoms with Gasteiger partial charge in [-0.05, 0) is 18.3 Å². The molecule has 2 aliphatic heterocycles. The van der Waals surface area contributed by atoms with Crippen molar-refractivity contribution < 1.29 is 10.2 Å². The summed E-state index contributed by atoms with van der Waals surface area (Å²) >= 11 is 0. The quantitative estimate of drug-likeness (QED) is 0.786. The van der Waals surface area contributed by atoms with Crippen LogP contribution in [0.1, 0.15) is 33.6 Å². The molecular formula is C14H25NO2. The van der Waals surface area contributed by atoms with E-state index in [0.717, 1.165) is 19.4 Å². The van der Waals surface area contributed by atoms with E-state index in [0.29, 0.717) is 12.0 Å². The number of hydrogen-bond acceptors (Lipinski definition) is 3. The molecule has 3 atom stereocenters. The molecule has 1 saturated heterocycles. The molecular weight excluding hydrogens is 214 g/mol. The average molecular weight is 239 g/mol. The first-order valence-corrected chi connectivity index (χ1v) is 6.69. The fraction of sp³-hybridized carbons (Fsp3) is 0.857. The summed E-state index contributed by atoms with van der Waals surface area (Å²) in [5.74, 6) is 0.695. The third kappa shape index (κ3) is 2.11. The highest BCUT2D eigenvalue weighted by molar-refractivity contribution is 5.23. The minimum Gasteiger partial charge on any atom is -0.396 e. The molecule has 0 saturated carbocycles. The molecule has 0 aromatic carbocycles. The number of fused-ring (bicyclic) bond motifs is 1. The zero-order valence-corrected chi connectivity index (χ0v) is 11.2. The Balaban J connectivity index is 2.31. The van der Waals surface area contributed by atoms with E-state index in [1.807, 2.05) is 0 Å². The normalized spacial score (nSPS) is 32.9. The lowest BCUT2D eigenvalue weighted by molar-refractivity contribution is 0.104. The molecule has 1 unspecified atom stereocenters. The summed E-state index contributed by atoms with van der Waals surface area (Å²) in [7, 11) is 0. The predicted molar refractivity (Wildman–Crippen MR) is 68.4 cm³/mol. The SMILES string of the molecule is CC(C)(C)C1C2=CCCN2[C@@H](CCO)[C@H]1CO. The van der Waals surface area contributed by atoms with Crippen molar-refractivity contribution in [3.05, 3.63) is 11.8 Å². The summed E-state index contributed by atoms with van der Waals surface area (Å²) < 4.78 is 0. The number of aliphatic hydroxyl groups excluding tert-OH is 2. The van der Waals surface area contributed by atoms with Gasteiger partial charge in [0.2, 0.25) is 0 Å². The van der Waals surface area contributed by atoms with E-state index < -0.39 is 0 Å². The van der Waals surface area contributed by atoms with Gasteiger partial charge in [-0.1, -0.05) is 26.8 Å². The third-order valence-corrected chi connectivity index (χ3v) is 4.27. The summed E-state index contributed by atoms with van der Waals surface area (Å²) in [6, 6.07) is 0.322. The van der Waals surface area contributed by atoms with Crippen LogP contribution >= 0.6 is 0 Å². The Morgan fingerprint density at radius 3 is 2.59 bits per heavy atom. The zero-order chi connectivity index (χ0) is 12.6. The van der Waals surface area contributed by atoms with E-state index in [-0.39, 0.29) is 24.5 Å². The maximum absolute atomic E-state index is 9.72. The molecule has 3 nitrogen and oxygen atoms in total. The third-order valence-electron chi connectivity index (χ3n) is 4.27. The van der Waals surface area contributed by atoms with Gasteiger partial charge in [0.05, 0.1) is 0 Å². The number of nitrogens with zero attached hydrogens (tertiary/aromatic N) is 1. The first-order chi connectivity index (χ1) is 8.00. The van der Waals surface area contributed by atoms with Crippen molar-refractivity contribution >= 4 is 0 Å². The summed E-state index contributed by atoms with van der Waals surface area (Å²) in [5.41, 5.74) is 1.58. The van der Waals surface area contributed by atoms with Crippen molar-refractivity contribution in [2.75, 3.05) is 19.8 Å². The Bertz CT molecular complexity index is 306. The van der Waals surface area contributed by atoms with Crippen LogP contribution in [0.15, 0.2) is 11.8 Å². The van der Waals surface area contributed by atoms with Crippen molar-refractivity contribution in [3.63, 3.8) is 0 Å². The highest BCUT2D eigenvalue weighted by atomic mass is 16.3. The molecule has 0 aromatic heterocycles. The molecule has 1 fully saturated rings. The second-order valence-corrected chi connectivity index (χ2v) is 6.38. The van der Waals surface area contributed by atoms with Crippen LogP contribution in [0.25, 0.3) is 0 Å². The molecule has 0 amide bonds. The van der Waals surface area contributed by atoms with E-state index in [2.05, 4.69) is 31.7 Å². The molecule has 2 rings (SSSR count). The Kier molecular flexibility index (Phi) is 3.50. The second kappa shape index (κ2) is 4.62. The smallest absolute Gasteiger partial charge is 0.0485 e. The number of allylic oxidation sites excluding steroid dienone is 1. The summed E-state index contributed by atoms with van der Waals surface area (Å²) in [4.78, 5) is 2.42. The van der Waals surface area contributed by atoms with Gasteiger partial charge < -0.3 is 15.1 Å². The van der Waals surface area contributed by atoms with Gasteiger partial charge in [-0.25, -0.2) is 0 Å². The van der Waals surface area contributed by atoms with Crippen molar-refractivity contribution in [1.82, 2.24) is 4.90 Å². The predicted octanol–water partition coefficient (Wildman–Crippen LogP) is 1.61. The fourth-order valence-electron chi connectivity index (χ4n) is 3.75. The maximum Gasteiger partial charge on any atom is 0.0485 e. The van der Waals surface area contributed by atoms with Gasteiger partial charge in [0.25, 0.3) is 0 Å². The van der Waals surface area contributed by atoms with Crippen molar-refractivity contribution in [1.29, 1.82) is 0 Å². The second-order valence-electron chi connectivity index (χ2n) is 6.38. The summed E-state index contributed by atoms with van der Waals surface area (Å²) in [5, 5.41) is 18.9. The fourth-order valence-corrected chi connectivity index (χ4v) is 3.75. The van der Waals surface area contributed by atoms with Crippen LogP contribution in [0, 0.1) is 17.3 Å². The molecule has 0 spiro atoms. The average Bonchev–Trinajstić information content (AvgIpc) is 2.77. The standard InChI is InChI=1S/C14H25NO2/c1-14(2,3)13-10(9-17)11(6-8-16)15-7-4-5-12(13)15/h5,10-11,13,16-17H,4,6-9H2,1-3H3/t10-,11+,13?/m1/s1. The first-order valence-electron chi connectivity index (χ1n) is 6.69. The summed E-state index contributed by atoms with van der Waals surface area (Å²) in [6.45, 7) is 8.24. The van der Waals surface area contributed by atoms with Crippen molar-refractivity contribution in [2.24, 2.45) is 17.3 Å². The highest BCUT2D eigenvalue weighted by Crippen LogP contribution is 2.50. The molecule has 0 bridgehead atoms. The van der Waals surface area contributed by atoms with Crippen LogP contribution in [-0.2, 0) is 0 Å². The molecule has 0 aromatic rings. The topological polar surface area (TPSA) is 43.7 Å². The van der Waals surface area contributed by atoms with Gasteiger partial charge >= 0.3 is 0 Å².